The van der Waals surface area contributed by atoms with Crippen LogP contribution in [0, 0.1) is 11.8 Å². The summed E-state index contributed by atoms with van der Waals surface area (Å²) in [7, 11) is 0. The molecular formula is C14H20N2OS2. The van der Waals surface area contributed by atoms with Gasteiger partial charge in [-0.3, -0.25) is 4.79 Å². The first kappa shape index (κ1) is 16.1. The van der Waals surface area contributed by atoms with Crippen LogP contribution in [0.2, 0.25) is 0 Å². The van der Waals surface area contributed by atoms with Crippen molar-refractivity contribution in [3.63, 3.8) is 0 Å². The highest BCUT2D eigenvalue weighted by Gasteiger charge is 2.11. The van der Waals surface area contributed by atoms with E-state index in [0.29, 0.717) is 11.4 Å². The van der Waals surface area contributed by atoms with E-state index in [1.54, 1.807) is 0 Å². The minimum absolute atomic E-state index is 0.0141. The highest BCUT2D eigenvalue weighted by atomic mass is 32.2. The molecule has 1 aromatic heterocycles. The highest BCUT2D eigenvalue weighted by Crippen LogP contribution is 2.15. The van der Waals surface area contributed by atoms with Crippen molar-refractivity contribution < 1.29 is 4.79 Å². The van der Waals surface area contributed by atoms with E-state index in [4.69, 9.17) is 5.73 Å². The Kier molecular flexibility index (Phi) is 7.65. The van der Waals surface area contributed by atoms with Crippen LogP contribution in [0.1, 0.15) is 34.8 Å². The maximum absolute atomic E-state index is 12.0. The van der Waals surface area contributed by atoms with Crippen LogP contribution in [-0.4, -0.2) is 30.0 Å². The molecule has 3 N–H and O–H groups in total. The number of carbonyl (C=O) groups is 1. The van der Waals surface area contributed by atoms with Gasteiger partial charge in [0.2, 0.25) is 0 Å². The van der Waals surface area contributed by atoms with Crippen molar-refractivity contribution in [2.75, 3.05) is 18.1 Å². The molecule has 5 heteroatoms. The van der Waals surface area contributed by atoms with Gasteiger partial charge in [0.05, 0.1) is 16.3 Å². The Labute approximate surface area is 123 Å². The maximum Gasteiger partial charge on any atom is 0.261 e. The van der Waals surface area contributed by atoms with Gasteiger partial charge in [0, 0.05) is 6.04 Å². The predicted octanol–water partition coefficient (Wildman–Crippen LogP) is 2.32. The Hall–Kier alpha value is -0.960. The number of nitrogens with one attached hydrogen (secondary N) is 1. The van der Waals surface area contributed by atoms with Crippen LogP contribution in [0.15, 0.2) is 12.1 Å². The van der Waals surface area contributed by atoms with Crippen LogP contribution in [-0.2, 0) is 0 Å². The predicted molar refractivity (Wildman–Crippen MR) is 84.8 cm³/mol. The third kappa shape index (κ3) is 6.15. The number of thioether (sulfide) groups is 1. The van der Waals surface area contributed by atoms with Crippen molar-refractivity contribution in [1.82, 2.24) is 5.32 Å². The van der Waals surface area contributed by atoms with Crippen molar-refractivity contribution in [3.05, 3.63) is 21.9 Å². The van der Waals surface area contributed by atoms with Crippen LogP contribution in [0.25, 0.3) is 0 Å². The molecule has 1 amide bonds. The zero-order valence-electron chi connectivity index (χ0n) is 11.4. The Morgan fingerprint density at radius 2 is 2.37 bits per heavy atom. The van der Waals surface area contributed by atoms with Crippen molar-refractivity contribution in [3.8, 4) is 11.8 Å². The summed E-state index contributed by atoms with van der Waals surface area (Å²) in [4.78, 5) is 13.6. The average Bonchev–Trinajstić information content (AvgIpc) is 2.85. The number of hydrogen-bond donors (Lipinski definition) is 2. The smallest absolute Gasteiger partial charge is 0.261 e. The van der Waals surface area contributed by atoms with E-state index < -0.39 is 0 Å². The number of thiophene rings is 1. The SMILES string of the molecule is CCSCCC(C)NC(=O)c1ccc(C#CCN)s1. The molecule has 0 aliphatic rings. The molecule has 0 spiro atoms. The van der Waals surface area contributed by atoms with Crippen molar-refractivity contribution in [1.29, 1.82) is 0 Å². The number of carbonyl (C=O) groups excluding carboxylic acids is 1. The standard InChI is InChI=1S/C14H20N2OS2/c1-3-18-10-8-11(2)16-14(17)13-7-6-12(19-13)5-4-9-15/h6-7,11H,3,8-10,15H2,1-2H3,(H,16,17). The molecule has 0 aliphatic carbocycles. The zero-order valence-corrected chi connectivity index (χ0v) is 13.0. The van der Waals surface area contributed by atoms with E-state index >= 15 is 0 Å². The summed E-state index contributed by atoms with van der Waals surface area (Å²) in [5.41, 5.74) is 5.32. The lowest BCUT2D eigenvalue weighted by Gasteiger charge is -2.12. The Balaban J connectivity index is 2.46. The first-order chi connectivity index (χ1) is 9.17. The van der Waals surface area contributed by atoms with E-state index in [-0.39, 0.29) is 11.9 Å². The molecule has 1 heterocycles. The second-order valence-corrected chi connectivity index (χ2v) is 6.51. The summed E-state index contributed by atoms with van der Waals surface area (Å²) < 4.78 is 0. The van der Waals surface area contributed by atoms with Gasteiger partial charge in [-0.1, -0.05) is 18.8 Å². The fraction of sp³-hybridized carbons (Fsp3) is 0.500. The van der Waals surface area contributed by atoms with Gasteiger partial charge in [-0.2, -0.15) is 11.8 Å². The third-order valence-electron chi connectivity index (χ3n) is 2.42. The monoisotopic (exact) mass is 296 g/mol. The molecule has 1 aromatic rings. The van der Waals surface area contributed by atoms with E-state index in [9.17, 15) is 4.79 Å². The second kappa shape index (κ2) is 9.03. The summed E-state index contributed by atoms with van der Waals surface area (Å²) >= 11 is 3.30. The zero-order chi connectivity index (χ0) is 14.1. The molecule has 1 atom stereocenters. The Bertz CT molecular complexity index is 460. The van der Waals surface area contributed by atoms with Gasteiger partial charge in [0.25, 0.3) is 5.91 Å². The van der Waals surface area contributed by atoms with Gasteiger partial charge >= 0.3 is 0 Å². The normalized spacial score (nSPS) is 11.5. The van der Waals surface area contributed by atoms with E-state index in [1.807, 2.05) is 30.8 Å². The summed E-state index contributed by atoms with van der Waals surface area (Å²) in [5, 5.41) is 3.01. The first-order valence-electron chi connectivity index (χ1n) is 6.34. The molecular weight excluding hydrogens is 276 g/mol. The third-order valence-corrected chi connectivity index (χ3v) is 4.35. The van der Waals surface area contributed by atoms with Gasteiger partial charge < -0.3 is 11.1 Å². The first-order valence-corrected chi connectivity index (χ1v) is 8.31. The van der Waals surface area contributed by atoms with Crippen LogP contribution < -0.4 is 11.1 Å². The van der Waals surface area contributed by atoms with Crippen molar-refractivity contribution in [2.45, 2.75) is 26.3 Å². The fourth-order valence-corrected chi connectivity index (χ4v) is 3.03. The molecule has 1 rings (SSSR count). The Morgan fingerprint density at radius 3 is 3.05 bits per heavy atom. The van der Waals surface area contributed by atoms with Crippen LogP contribution in [0.3, 0.4) is 0 Å². The molecule has 0 bridgehead atoms. The molecule has 19 heavy (non-hydrogen) atoms. The van der Waals surface area contributed by atoms with Crippen molar-refractivity contribution in [2.24, 2.45) is 5.73 Å². The van der Waals surface area contributed by atoms with Crippen molar-refractivity contribution >= 4 is 29.0 Å². The minimum Gasteiger partial charge on any atom is -0.349 e. The van der Waals surface area contributed by atoms with Gasteiger partial charge in [0.15, 0.2) is 0 Å². The van der Waals surface area contributed by atoms with Crippen LogP contribution >= 0.6 is 23.1 Å². The summed E-state index contributed by atoms with van der Waals surface area (Å²) in [5.74, 6) is 7.91. The molecule has 0 fully saturated rings. The lowest BCUT2D eigenvalue weighted by molar-refractivity contribution is 0.0943. The molecule has 0 radical (unpaired) electrons. The fourth-order valence-electron chi connectivity index (χ4n) is 1.44. The van der Waals surface area contributed by atoms with Crippen LogP contribution in [0.5, 0.6) is 0 Å². The molecule has 104 valence electrons. The van der Waals surface area contributed by atoms with E-state index in [2.05, 4.69) is 24.1 Å². The number of hydrogen-bond acceptors (Lipinski definition) is 4. The average molecular weight is 296 g/mol. The van der Waals surface area contributed by atoms with E-state index in [0.717, 1.165) is 22.8 Å². The second-order valence-electron chi connectivity index (χ2n) is 4.03. The topological polar surface area (TPSA) is 55.1 Å². The van der Waals surface area contributed by atoms with Gasteiger partial charge in [-0.25, -0.2) is 0 Å². The highest BCUT2D eigenvalue weighted by molar-refractivity contribution is 7.99. The maximum atomic E-state index is 12.0. The number of nitrogens with two attached hydrogens (primary N) is 1. The largest absolute Gasteiger partial charge is 0.349 e. The molecule has 0 saturated heterocycles. The minimum atomic E-state index is -0.0141. The van der Waals surface area contributed by atoms with Gasteiger partial charge in [-0.15, -0.1) is 11.3 Å². The molecule has 0 saturated carbocycles. The van der Waals surface area contributed by atoms with Crippen LogP contribution in [0.4, 0.5) is 0 Å². The number of rotatable bonds is 6. The summed E-state index contributed by atoms with van der Waals surface area (Å²) in [6.07, 6.45) is 0.995. The Morgan fingerprint density at radius 1 is 1.58 bits per heavy atom. The molecule has 1 unspecified atom stereocenters. The lowest BCUT2D eigenvalue weighted by Crippen LogP contribution is -2.32. The number of amides is 1. The summed E-state index contributed by atoms with van der Waals surface area (Å²) in [6.45, 7) is 4.52. The van der Waals surface area contributed by atoms with E-state index in [1.165, 1.54) is 11.3 Å². The molecule has 3 nitrogen and oxygen atoms in total. The molecule has 0 aromatic carbocycles. The van der Waals surface area contributed by atoms with Gasteiger partial charge in [-0.05, 0) is 37.0 Å². The quantitative estimate of drug-likeness (QED) is 0.626. The summed E-state index contributed by atoms with van der Waals surface area (Å²) in [6, 6.07) is 3.88. The van der Waals surface area contributed by atoms with Gasteiger partial charge in [0.1, 0.15) is 0 Å². The molecule has 0 aliphatic heterocycles. The lowest BCUT2D eigenvalue weighted by atomic mass is 10.2.